The second-order valence-electron chi connectivity index (χ2n) is 3.73. The SMILES string of the molecule is CCCC[Si](C)(C)OCC(=O)OC. The monoisotopic (exact) mass is 204 g/mol. The molecule has 0 atom stereocenters. The molecule has 0 aliphatic heterocycles. The molecule has 0 N–H and O–H groups in total. The second-order valence-corrected chi connectivity index (χ2v) is 8.04. The zero-order valence-corrected chi connectivity index (χ0v) is 10.1. The summed E-state index contributed by atoms with van der Waals surface area (Å²) in [5.74, 6) is -0.280. The Morgan fingerprint density at radius 3 is 2.46 bits per heavy atom. The van der Waals surface area contributed by atoms with Gasteiger partial charge in [0, 0.05) is 0 Å². The van der Waals surface area contributed by atoms with Gasteiger partial charge in [0.25, 0.3) is 0 Å². The highest BCUT2D eigenvalue weighted by atomic mass is 28.4. The van der Waals surface area contributed by atoms with Crippen LogP contribution in [0.5, 0.6) is 0 Å². The van der Waals surface area contributed by atoms with Gasteiger partial charge in [0.15, 0.2) is 8.32 Å². The fourth-order valence-corrected chi connectivity index (χ4v) is 2.85. The van der Waals surface area contributed by atoms with Crippen molar-refractivity contribution in [2.45, 2.75) is 38.9 Å². The molecule has 0 aromatic rings. The van der Waals surface area contributed by atoms with Crippen LogP contribution in [0.4, 0.5) is 0 Å². The zero-order valence-electron chi connectivity index (χ0n) is 9.05. The fourth-order valence-electron chi connectivity index (χ4n) is 0.988. The summed E-state index contributed by atoms with van der Waals surface area (Å²) in [5.41, 5.74) is 0. The number of hydrogen-bond acceptors (Lipinski definition) is 3. The van der Waals surface area contributed by atoms with Gasteiger partial charge < -0.3 is 9.16 Å². The topological polar surface area (TPSA) is 35.5 Å². The Balaban J connectivity index is 3.67. The molecule has 0 spiro atoms. The molecule has 0 rings (SSSR count). The minimum Gasteiger partial charge on any atom is -0.467 e. The third-order valence-corrected chi connectivity index (χ3v) is 4.42. The lowest BCUT2D eigenvalue weighted by Crippen LogP contribution is -2.32. The van der Waals surface area contributed by atoms with Crippen LogP contribution in [0.2, 0.25) is 19.1 Å². The van der Waals surface area contributed by atoms with Crippen LogP contribution in [0.1, 0.15) is 19.8 Å². The van der Waals surface area contributed by atoms with Crippen LogP contribution >= 0.6 is 0 Å². The number of rotatable bonds is 6. The van der Waals surface area contributed by atoms with Gasteiger partial charge in [-0.2, -0.15) is 0 Å². The Bertz CT molecular complexity index is 157. The van der Waals surface area contributed by atoms with Crippen molar-refractivity contribution < 1.29 is 14.0 Å². The number of unbranched alkanes of at least 4 members (excludes halogenated alkanes) is 1. The van der Waals surface area contributed by atoms with Gasteiger partial charge in [0.05, 0.1) is 7.11 Å². The third kappa shape index (κ3) is 6.78. The van der Waals surface area contributed by atoms with Gasteiger partial charge in [-0.1, -0.05) is 19.8 Å². The van der Waals surface area contributed by atoms with Crippen LogP contribution in [0.25, 0.3) is 0 Å². The molecule has 78 valence electrons. The lowest BCUT2D eigenvalue weighted by atomic mass is 10.4. The summed E-state index contributed by atoms with van der Waals surface area (Å²) in [6.45, 7) is 6.53. The summed E-state index contributed by atoms with van der Waals surface area (Å²) in [4.78, 5) is 10.8. The molecule has 0 aliphatic carbocycles. The summed E-state index contributed by atoms with van der Waals surface area (Å²) in [6, 6.07) is 1.11. The molecule has 0 heterocycles. The molecule has 3 nitrogen and oxygen atoms in total. The third-order valence-electron chi connectivity index (χ3n) is 1.94. The van der Waals surface area contributed by atoms with E-state index in [0.29, 0.717) is 0 Å². The van der Waals surface area contributed by atoms with E-state index in [1.807, 2.05) is 0 Å². The van der Waals surface area contributed by atoms with Gasteiger partial charge in [0.1, 0.15) is 6.61 Å². The summed E-state index contributed by atoms with van der Waals surface area (Å²) < 4.78 is 10.1. The lowest BCUT2D eigenvalue weighted by molar-refractivity contribution is -0.143. The van der Waals surface area contributed by atoms with Gasteiger partial charge in [-0.15, -0.1) is 0 Å². The molecule has 0 bridgehead atoms. The van der Waals surface area contributed by atoms with Crippen LogP contribution in [0.3, 0.4) is 0 Å². The summed E-state index contributed by atoms with van der Waals surface area (Å²) >= 11 is 0. The minimum absolute atomic E-state index is 0.111. The van der Waals surface area contributed by atoms with E-state index in [4.69, 9.17) is 4.43 Å². The van der Waals surface area contributed by atoms with Gasteiger partial charge in [0.2, 0.25) is 0 Å². The Morgan fingerprint density at radius 2 is 2.00 bits per heavy atom. The van der Waals surface area contributed by atoms with E-state index >= 15 is 0 Å². The average Bonchev–Trinajstić information content (AvgIpc) is 2.11. The molecule has 0 aliphatic rings. The maximum Gasteiger partial charge on any atom is 0.330 e. The van der Waals surface area contributed by atoms with E-state index in [1.165, 1.54) is 20.0 Å². The molecule has 13 heavy (non-hydrogen) atoms. The molecular formula is C9H20O3Si. The smallest absolute Gasteiger partial charge is 0.330 e. The van der Waals surface area contributed by atoms with Crippen molar-refractivity contribution in [3.05, 3.63) is 0 Å². The molecule has 0 radical (unpaired) electrons. The van der Waals surface area contributed by atoms with Crippen molar-refractivity contribution in [1.82, 2.24) is 0 Å². The number of carbonyl (C=O) groups is 1. The molecule has 0 aromatic heterocycles. The van der Waals surface area contributed by atoms with Crippen LogP contribution in [-0.4, -0.2) is 28.0 Å². The first-order chi connectivity index (χ1) is 6.02. The molecule has 0 fully saturated rings. The quantitative estimate of drug-likeness (QED) is 0.491. The fraction of sp³-hybridized carbons (Fsp3) is 0.889. The first-order valence-corrected chi connectivity index (χ1v) is 7.84. The first kappa shape index (κ1) is 12.6. The van der Waals surface area contributed by atoms with Gasteiger partial charge >= 0.3 is 5.97 Å². The van der Waals surface area contributed by atoms with Crippen molar-refractivity contribution in [2.24, 2.45) is 0 Å². The molecule has 4 heteroatoms. The molecular weight excluding hydrogens is 184 g/mol. The predicted octanol–water partition coefficient (Wildman–Crippen LogP) is 2.18. The summed E-state index contributed by atoms with van der Waals surface area (Å²) in [6.07, 6.45) is 2.36. The van der Waals surface area contributed by atoms with Crippen molar-refractivity contribution in [1.29, 1.82) is 0 Å². The van der Waals surface area contributed by atoms with Crippen molar-refractivity contribution in [3.8, 4) is 0 Å². The summed E-state index contributed by atoms with van der Waals surface area (Å²) in [5, 5.41) is 0. The second kappa shape index (κ2) is 6.15. The number of methoxy groups -OCH3 is 1. The highest BCUT2D eigenvalue weighted by Crippen LogP contribution is 2.14. The van der Waals surface area contributed by atoms with E-state index in [0.717, 1.165) is 6.04 Å². The van der Waals surface area contributed by atoms with Crippen LogP contribution < -0.4 is 0 Å². The molecule has 0 saturated carbocycles. The van der Waals surface area contributed by atoms with Crippen LogP contribution in [0.15, 0.2) is 0 Å². The Kier molecular flexibility index (Phi) is 5.99. The molecule has 0 aromatic carbocycles. The van der Waals surface area contributed by atoms with E-state index < -0.39 is 8.32 Å². The van der Waals surface area contributed by atoms with E-state index in [2.05, 4.69) is 24.8 Å². The molecule has 0 saturated heterocycles. The Hall–Kier alpha value is -0.353. The van der Waals surface area contributed by atoms with Crippen molar-refractivity contribution in [2.75, 3.05) is 13.7 Å². The van der Waals surface area contributed by atoms with Gasteiger partial charge in [-0.05, 0) is 19.1 Å². The number of hydrogen-bond donors (Lipinski definition) is 0. The van der Waals surface area contributed by atoms with Crippen molar-refractivity contribution >= 4 is 14.3 Å². The first-order valence-electron chi connectivity index (χ1n) is 4.72. The normalized spacial score (nSPS) is 11.4. The van der Waals surface area contributed by atoms with Gasteiger partial charge in [-0.25, -0.2) is 4.79 Å². The van der Waals surface area contributed by atoms with Crippen LogP contribution in [0, 0.1) is 0 Å². The lowest BCUT2D eigenvalue weighted by Gasteiger charge is -2.21. The zero-order chi connectivity index (χ0) is 10.3. The average molecular weight is 204 g/mol. The maximum absolute atomic E-state index is 10.8. The number of carbonyl (C=O) groups excluding carboxylic acids is 1. The summed E-state index contributed by atoms with van der Waals surface area (Å²) in [7, 11) is -0.223. The Labute approximate surface area is 81.6 Å². The Morgan fingerprint density at radius 1 is 1.38 bits per heavy atom. The minimum atomic E-state index is -1.60. The maximum atomic E-state index is 10.8. The highest BCUT2D eigenvalue weighted by molar-refractivity contribution is 6.71. The van der Waals surface area contributed by atoms with E-state index in [9.17, 15) is 4.79 Å². The molecule has 0 unspecified atom stereocenters. The molecule has 0 amide bonds. The largest absolute Gasteiger partial charge is 0.467 e. The van der Waals surface area contributed by atoms with Crippen LogP contribution in [-0.2, 0) is 14.0 Å². The van der Waals surface area contributed by atoms with E-state index in [1.54, 1.807) is 0 Å². The number of ether oxygens (including phenoxy) is 1. The van der Waals surface area contributed by atoms with E-state index in [-0.39, 0.29) is 12.6 Å². The predicted molar refractivity (Wildman–Crippen MR) is 55.2 cm³/mol. The number of esters is 1. The standard InChI is InChI=1S/C9H20O3Si/c1-5-6-7-13(3,4)12-8-9(10)11-2/h5-8H2,1-4H3. The van der Waals surface area contributed by atoms with Crippen molar-refractivity contribution in [3.63, 3.8) is 0 Å². The van der Waals surface area contributed by atoms with Gasteiger partial charge in [-0.3, -0.25) is 0 Å². The highest BCUT2D eigenvalue weighted by Gasteiger charge is 2.22.